The van der Waals surface area contributed by atoms with E-state index in [1.807, 2.05) is 31.2 Å². The molecule has 0 bridgehead atoms. The normalized spacial score (nSPS) is 13.1. The van der Waals surface area contributed by atoms with Crippen LogP contribution in [-0.4, -0.2) is 30.8 Å². The Balaban J connectivity index is 1.91. The Hall–Kier alpha value is -2.40. The average Bonchev–Trinajstić information content (AvgIpc) is 2.63. The van der Waals surface area contributed by atoms with Gasteiger partial charge in [-0.15, -0.1) is 0 Å². The third-order valence-corrected chi connectivity index (χ3v) is 4.17. The van der Waals surface area contributed by atoms with Gasteiger partial charge in [0.15, 0.2) is 0 Å². The molecule has 0 aromatic heterocycles. The molecule has 1 amide bonds. The molecule has 0 heterocycles. The lowest BCUT2D eigenvalue weighted by Crippen LogP contribution is -2.36. The summed E-state index contributed by atoms with van der Waals surface area (Å²) in [6.07, 6.45) is -0.0392. The Morgan fingerprint density at radius 3 is 2.48 bits per heavy atom. The maximum Gasteiger partial charge on any atom is 0.227 e. The summed E-state index contributed by atoms with van der Waals surface area (Å²) in [7, 11) is 1.59. The molecule has 0 saturated heterocycles. The van der Waals surface area contributed by atoms with Crippen molar-refractivity contribution in [1.82, 2.24) is 5.32 Å². The van der Waals surface area contributed by atoms with Gasteiger partial charge in [-0.1, -0.05) is 37.3 Å². The summed E-state index contributed by atoms with van der Waals surface area (Å²) >= 11 is 0. The number of halogens is 1. The fraction of sp³-hybridized carbons (Fsp3) is 0.350. The minimum absolute atomic E-state index is 0.0832. The Kier molecular flexibility index (Phi) is 6.95. The van der Waals surface area contributed by atoms with Crippen molar-refractivity contribution in [3.8, 4) is 5.75 Å². The van der Waals surface area contributed by atoms with Gasteiger partial charge in [0.25, 0.3) is 0 Å². The summed E-state index contributed by atoms with van der Waals surface area (Å²) in [6, 6.07) is 13.7. The van der Waals surface area contributed by atoms with Crippen LogP contribution in [0.15, 0.2) is 48.5 Å². The first kappa shape index (κ1) is 18.9. The quantitative estimate of drug-likeness (QED) is 0.773. The van der Waals surface area contributed by atoms with Gasteiger partial charge in [0, 0.05) is 13.0 Å². The molecule has 134 valence electrons. The standard InChI is InChI=1S/C20H24FNO3/c1-3-18(14-8-10-17(25-2)11-9-14)20(24)22-13-16(23)12-15-6-4-5-7-19(15)21/h4-11,16,18,23H,3,12-13H2,1-2H3,(H,22,24). The Bertz CT molecular complexity index is 688. The van der Waals surface area contributed by atoms with Gasteiger partial charge in [0.1, 0.15) is 11.6 Å². The largest absolute Gasteiger partial charge is 0.497 e. The Labute approximate surface area is 147 Å². The molecule has 0 radical (unpaired) electrons. The van der Waals surface area contributed by atoms with Crippen LogP contribution in [0.2, 0.25) is 0 Å². The van der Waals surface area contributed by atoms with E-state index in [4.69, 9.17) is 4.74 Å². The molecule has 0 aliphatic rings. The SMILES string of the molecule is CCC(C(=O)NCC(O)Cc1ccccc1F)c1ccc(OC)cc1. The van der Waals surface area contributed by atoms with Crippen molar-refractivity contribution in [2.75, 3.05) is 13.7 Å². The predicted molar refractivity (Wildman–Crippen MR) is 95.1 cm³/mol. The van der Waals surface area contributed by atoms with E-state index >= 15 is 0 Å². The number of aliphatic hydroxyl groups excluding tert-OH is 1. The van der Waals surface area contributed by atoms with E-state index in [0.29, 0.717) is 12.0 Å². The summed E-state index contributed by atoms with van der Waals surface area (Å²) < 4.78 is 18.7. The van der Waals surface area contributed by atoms with Gasteiger partial charge in [0.05, 0.1) is 19.1 Å². The van der Waals surface area contributed by atoms with Gasteiger partial charge in [-0.3, -0.25) is 4.79 Å². The van der Waals surface area contributed by atoms with E-state index in [1.165, 1.54) is 6.07 Å². The molecule has 25 heavy (non-hydrogen) atoms. The first-order valence-corrected chi connectivity index (χ1v) is 8.38. The zero-order valence-corrected chi connectivity index (χ0v) is 14.5. The van der Waals surface area contributed by atoms with Crippen molar-refractivity contribution >= 4 is 5.91 Å². The highest BCUT2D eigenvalue weighted by Crippen LogP contribution is 2.22. The molecule has 0 fully saturated rings. The molecule has 0 spiro atoms. The molecule has 2 atom stereocenters. The zero-order valence-electron chi connectivity index (χ0n) is 14.5. The minimum Gasteiger partial charge on any atom is -0.497 e. The number of ether oxygens (including phenoxy) is 1. The van der Waals surface area contributed by atoms with Crippen molar-refractivity contribution in [3.63, 3.8) is 0 Å². The molecule has 0 aliphatic carbocycles. The van der Waals surface area contributed by atoms with Crippen molar-refractivity contribution < 1.29 is 19.0 Å². The molecule has 2 aromatic carbocycles. The summed E-state index contributed by atoms with van der Waals surface area (Å²) in [6.45, 7) is 2.02. The van der Waals surface area contributed by atoms with Crippen molar-refractivity contribution in [1.29, 1.82) is 0 Å². The van der Waals surface area contributed by atoms with Crippen LogP contribution in [0.1, 0.15) is 30.4 Å². The van der Waals surface area contributed by atoms with Crippen LogP contribution in [0.25, 0.3) is 0 Å². The lowest BCUT2D eigenvalue weighted by atomic mass is 9.95. The first-order valence-electron chi connectivity index (χ1n) is 8.38. The number of methoxy groups -OCH3 is 1. The number of rotatable bonds is 8. The molecule has 0 saturated carbocycles. The van der Waals surface area contributed by atoms with Gasteiger partial charge in [0.2, 0.25) is 5.91 Å². The molecule has 2 N–H and O–H groups in total. The number of benzene rings is 2. The second kappa shape index (κ2) is 9.18. The van der Waals surface area contributed by atoms with Crippen molar-refractivity contribution in [3.05, 3.63) is 65.5 Å². The highest BCUT2D eigenvalue weighted by molar-refractivity contribution is 5.83. The number of carbonyl (C=O) groups excluding carboxylic acids is 1. The molecular formula is C20H24FNO3. The molecule has 4 nitrogen and oxygen atoms in total. The van der Waals surface area contributed by atoms with Gasteiger partial charge in [-0.05, 0) is 35.7 Å². The van der Waals surface area contributed by atoms with E-state index in [0.717, 1.165) is 11.3 Å². The van der Waals surface area contributed by atoms with E-state index < -0.39 is 6.10 Å². The topological polar surface area (TPSA) is 58.6 Å². The lowest BCUT2D eigenvalue weighted by Gasteiger charge is -2.18. The van der Waals surface area contributed by atoms with Crippen LogP contribution in [-0.2, 0) is 11.2 Å². The van der Waals surface area contributed by atoms with E-state index in [9.17, 15) is 14.3 Å². The molecule has 2 rings (SSSR count). The number of aliphatic hydroxyl groups is 1. The second-order valence-electron chi connectivity index (χ2n) is 5.93. The average molecular weight is 345 g/mol. The maximum absolute atomic E-state index is 13.6. The van der Waals surface area contributed by atoms with Crippen LogP contribution in [0.5, 0.6) is 5.75 Å². The fourth-order valence-electron chi connectivity index (χ4n) is 2.74. The van der Waals surface area contributed by atoms with Crippen LogP contribution >= 0.6 is 0 Å². The zero-order chi connectivity index (χ0) is 18.2. The van der Waals surface area contributed by atoms with Crippen LogP contribution in [0.3, 0.4) is 0 Å². The van der Waals surface area contributed by atoms with Crippen LogP contribution in [0.4, 0.5) is 4.39 Å². The summed E-state index contributed by atoms with van der Waals surface area (Å²) in [5, 5.41) is 12.8. The minimum atomic E-state index is -0.839. The van der Waals surface area contributed by atoms with Gasteiger partial charge >= 0.3 is 0 Å². The number of nitrogens with one attached hydrogen (secondary N) is 1. The Morgan fingerprint density at radius 2 is 1.88 bits per heavy atom. The molecule has 2 aromatic rings. The molecule has 2 unspecified atom stereocenters. The third-order valence-electron chi connectivity index (χ3n) is 4.17. The number of hydrogen-bond donors (Lipinski definition) is 2. The number of amides is 1. The van der Waals surface area contributed by atoms with E-state index in [2.05, 4.69) is 5.32 Å². The lowest BCUT2D eigenvalue weighted by molar-refractivity contribution is -0.123. The van der Waals surface area contributed by atoms with E-state index in [1.54, 1.807) is 25.3 Å². The number of carbonyl (C=O) groups is 1. The first-order chi connectivity index (χ1) is 12.0. The highest BCUT2D eigenvalue weighted by Gasteiger charge is 2.19. The fourth-order valence-corrected chi connectivity index (χ4v) is 2.74. The monoisotopic (exact) mass is 345 g/mol. The third kappa shape index (κ3) is 5.29. The van der Waals surface area contributed by atoms with Gasteiger partial charge in [-0.25, -0.2) is 4.39 Å². The van der Waals surface area contributed by atoms with Gasteiger partial charge in [-0.2, -0.15) is 0 Å². The molecular weight excluding hydrogens is 321 g/mol. The maximum atomic E-state index is 13.6. The predicted octanol–water partition coefficient (Wildman–Crippen LogP) is 3.05. The Morgan fingerprint density at radius 1 is 1.20 bits per heavy atom. The second-order valence-corrected chi connectivity index (χ2v) is 5.93. The smallest absolute Gasteiger partial charge is 0.227 e. The van der Waals surface area contributed by atoms with Gasteiger partial charge < -0.3 is 15.2 Å². The summed E-state index contributed by atoms with van der Waals surface area (Å²) in [5.41, 5.74) is 1.33. The van der Waals surface area contributed by atoms with Crippen molar-refractivity contribution in [2.24, 2.45) is 0 Å². The van der Waals surface area contributed by atoms with Crippen LogP contribution in [0, 0.1) is 5.82 Å². The molecule has 0 aliphatic heterocycles. The summed E-state index contributed by atoms with van der Waals surface area (Å²) in [5.74, 6) is -0.0660. The van der Waals surface area contributed by atoms with Crippen molar-refractivity contribution in [2.45, 2.75) is 31.8 Å². The highest BCUT2D eigenvalue weighted by atomic mass is 19.1. The van der Waals surface area contributed by atoms with E-state index in [-0.39, 0.29) is 30.6 Å². The summed E-state index contributed by atoms with van der Waals surface area (Å²) in [4.78, 5) is 12.4. The number of hydrogen-bond acceptors (Lipinski definition) is 3. The van der Waals surface area contributed by atoms with Crippen LogP contribution < -0.4 is 10.1 Å². The molecule has 5 heteroatoms.